The molecule has 4 N–H and O–H groups in total. The molecule has 0 radical (unpaired) electrons. The van der Waals surface area contributed by atoms with Crippen molar-refractivity contribution in [2.24, 2.45) is 0 Å². The van der Waals surface area contributed by atoms with Gasteiger partial charge in [-0.15, -0.1) is 0 Å². The van der Waals surface area contributed by atoms with E-state index in [0.717, 1.165) is 28.0 Å². The third-order valence-corrected chi connectivity index (χ3v) is 4.12. The van der Waals surface area contributed by atoms with E-state index in [0.29, 0.717) is 11.3 Å². The van der Waals surface area contributed by atoms with Gasteiger partial charge >= 0.3 is 0 Å². The summed E-state index contributed by atoms with van der Waals surface area (Å²) in [5, 5.41) is 4.04. The molecule has 4 rings (SSSR count). The van der Waals surface area contributed by atoms with Gasteiger partial charge in [0.05, 0.1) is 5.57 Å². The average Bonchev–Trinajstić information content (AvgIpc) is 2.99. The average molecular weight is 289 g/mol. The number of anilines is 2. The fourth-order valence-electron chi connectivity index (χ4n) is 2.94. The van der Waals surface area contributed by atoms with E-state index in [4.69, 9.17) is 5.73 Å². The molecule has 3 aromatic rings. The number of hydrogen-bond donors (Lipinski definition) is 3. The topological polar surface area (TPSA) is 70.9 Å². The van der Waals surface area contributed by atoms with Gasteiger partial charge in [0.2, 0.25) is 0 Å². The minimum atomic E-state index is -0.0985. The summed E-state index contributed by atoms with van der Waals surface area (Å²) in [6.07, 6.45) is 1.90. The predicted molar refractivity (Wildman–Crippen MR) is 90.4 cm³/mol. The van der Waals surface area contributed by atoms with Gasteiger partial charge in [0, 0.05) is 33.5 Å². The van der Waals surface area contributed by atoms with Gasteiger partial charge in [-0.2, -0.15) is 0 Å². The molecular formula is C18H15N3O. The Hall–Kier alpha value is -3.01. The Morgan fingerprint density at radius 3 is 2.77 bits per heavy atom. The van der Waals surface area contributed by atoms with Gasteiger partial charge in [0.25, 0.3) is 5.91 Å². The number of H-pyrrole nitrogens is 1. The van der Waals surface area contributed by atoms with E-state index in [2.05, 4.69) is 23.3 Å². The van der Waals surface area contributed by atoms with Gasteiger partial charge < -0.3 is 16.0 Å². The molecule has 2 heterocycles. The lowest BCUT2D eigenvalue weighted by atomic mass is 10.0. The third-order valence-electron chi connectivity index (χ3n) is 4.12. The second-order valence-electron chi connectivity index (χ2n) is 5.53. The molecule has 0 unspecified atom stereocenters. The Morgan fingerprint density at radius 1 is 1.14 bits per heavy atom. The summed E-state index contributed by atoms with van der Waals surface area (Å²) in [6, 6.07) is 13.6. The van der Waals surface area contributed by atoms with E-state index in [-0.39, 0.29) is 5.91 Å². The Labute approximate surface area is 127 Å². The number of carbonyl (C=O) groups is 1. The van der Waals surface area contributed by atoms with Crippen molar-refractivity contribution < 1.29 is 4.79 Å². The maximum absolute atomic E-state index is 12.2. The van der Waals surface area contributed by atoms with E-state index in [1.54, 1.807) is 6.07 Å². The summed E-state index contributed by atoms with van der Waals surface area (Å²) in [4.78, 5) is 15.6. The first-order chi connectivity index (χ1) is 10.6. The molecule has 22 heavy (non-hydrogen) atoms. The fraction of sp³-hybridized carbons (Fsp3) is 0.0556. The van der Waals surface area contributed by atoms with Crippen molar-refractivity contribution in [2.75, 3.05) is 11.1 Å². The van der Waals surface area contributed by atoms with Crippen LogP contribution in [0.15, 0.2) is 42.5 Å². The lowest BCUT2D eigenvalue weighted by Gasteiger charge is -2.00. The Bertz CT molecular complexity index is 950. The van der Waals surface area contributed by atoms with Crippen LogP contribution in [0.5, 0.6) is 0 Å². The minimum Gasteiger partial charge on any atom is -0.399 e. The van der Waals surface area contributed by atoms with Crippen molar-refractivity contribution in [1.82, 2.24) is 4.98 Å². The SMILES string of the molecule is Cc1c(C=C2C(=O)Nc3ccc(N)cc32)[nH]c2ccccc12. The molecule has 2 aromatic carbocycles. The zero-order valence-electron chi connectivity index (χ0n) is 12.1. The lowest BCUT2D eigenvalue weighted by molar-refractivity contribution is -0.110. The normalized spacial score (nSPS) is 15.3. The van der Waals surface area contributed by atoms with Crippen LogP contribution in [0.25, 0.3) is 22.6 Å². The highest BCUT2D eigenvalue weighted by molar-refractivity contribution is 6.35. The molecule has 1 aliphatic heterocycles. The number of rotatable bonds is 1. The summed E-state index contributed by atoms with van der Waals surface area (Å²) in [7, 11) is 0. The number of hydrogen-bond acceptors (Lipinski definition) is 2. The van der Waals surface area contributed by atoms with Crippen molar-refractivity contribution in [3.8, 4) is 0 Å². The highest BCUT2D eigenvalue weighted by Crippen LogP contribution is 2.35. The molecule has 1 aliphatic rings. The number of fused-ring (bicyclic) bond motifs is 2. The van der Waals surface area contributed by atoms with Gasteiger partial charge in [0.15, 0.2) is 0 Å². The van der Waals surface area contributed by atoms with Gasteiger partial charge in [-0.3, -0.25) is 4.79 Å². The minimum absolute atomic E-state index is 0.0985. The molecule has 0 saturated heterocycles. The quantitative estimate of drug-likeness (QED) is 0.473. The number of aromatic amines is 1. The van der Waals surface area contributed by atoms with E-state index in [9.17, 15) is 4.79 Å². The Balaban J connectivity index is 1.91. The molecule has 1 aromatic heterocycles. The molecule has 0 fully saturated rings. The van der Waals surface area contributed by atoms with Crippen molar-refractivity contribution in [1.29, 1.82) is 0 Å². The van der Waals surface area contributed by atoms with Crippen LogP contribution >= 0.6 is 0 Å². The molecule has 0 atom stereocenters. The van der Waals surface area contributed by atoms with E-state index >= 15 is 0 Å². The molecule has 0 spiro atoms. The number of carbonyl (C=O) groups excluding carboxylic acids is 1. The van der Waals surface area contributed by atoms with Crippen molar-refractivity contribution in [3.05, 3.63) is 59.3 Å². The first-order valence-corrected chi connectivity index (χ1v) is 7.14. The van der Waals surface area contributed by atoms with Crippen LogP contribution in [0, 0.1) is 6.92 Å². The fourth-order valence-corrected chi connectivity index (χ4v) is 2.94. The van der Waals surface area contributed by atoms with E-state index in [1.165, 1.54) is 5.39 Å². The highest BCUT2D eigenvalue weighted by Gasteiger charge is 2.24. The Kier molecular flexibility index (Phi) is 2.60. The molecule has 4 nitrogen and oxygen atoms in total. The largest absolute Gasteiger partial charge is 0.399 e. The number of amides is 1. The molecule has 0 aliphatic carbocycles. The maximum atomic E-state index is 12.2. The molecule has 108 valence electrons. The van der Waals surface area contributed by atoms with Crippen molar-refractivity contribution in [2.45, 2.75) is 6.92 Å². The van der Waals surface area contributed by atoms with Crippen molar-refractivity contribution in [3.63, 3.8) is 0 Å². The highest BCUT2D eigenvalue weighted by atomic mass is 16.2. The standard InChI is InChI=1S/C18H15N3O/c1-10-12-4-2-3-5-15(12)20-17(10)9-14-13-8-11(19)6-7-16(13)21-18(14)22/h2-9,20H,19H2,1H3,(H,21,22). The van der Waals surface area contributed by atoms with Crippen LogP contribution in [0.4, 0.5) is 11.4 Å². The molecule has 0 bridgehead atoms. The Morgan fingerprint density at radius 2 is 1.95 bits per heavy atom. The zero-order valence-corrected chi connectivity index (χ0v) is 12.1. The zero-order chi connectivity index (χ0) is 15.3. The van der Waals surface area contributed by atoms with Crippen LogP contribution < -0.4 is 11.1 Å². The summed E-state index contributed by atoms with van der Waals surface area (Å²) in [5.74, 6) is -0.0985. The van der Waals surface area contributed by atoms with Gasteiger partial charge in [-0.1, -0.05) is 18.2 Å². The number of nitrogen functional groups attached to an aromatic ring is 1. The van der Waals surface area contributed by atoms with Crippen LogP contribution in [0.3, 0.4) is 0 Å². The van der Waals surface area contributed by atoms with Crippen molar-refractivity contribution >= 4 is 39.8 Å². The van der Waals surface area contributed by atoms with Crippen LogP contribution in [0.1, 0.15) is 16.8 Å². The van der Waals surface area contributed by atoms with E-state index < -0.39 is 0 Å². The first-order valence-electron chi connectivity index (χ1n) is 7.14. The monoisotopic (exact) mass is 289 g/mol. The predicted octanol–water partition coefficient (Wildman–Crippen LogP) is 3.55. The number of nitrogens with one attached hydrogen (secondary N) is 2. The first kappa shape index (κ1) is 12.7. The maximum Gasteiger partial charge on any atom is 0.256 e. The second-order valence-corrected chi connectivity index (χ2v) is 5.53. The number of aromatic nitrogens is 1. The van der Waals surface area contributed by atoms with Crippen LogP contribution in [-0.4, -0.2) is 10.9 Å². The number of aryl methyl sites for hydroxylation is 1. The summed E-state index contributed by atoms with van der Waals surface area (Å²) in [6.45, 7) is 2.05. The lowest BCUT2D eigenvalue weighted by Crippen LogP contribution is -2.03. The third kappa shape index (κ3) is 1.81. The van der Waals surface area contributed by atoms with Gasteiger partial charge in [-0.05, 0) is 42.8 Å². The van der Waals surface area contributed by atoms with Gasteiger partial charge in [-0.25, -0.2) is 0 Å². The number of para-hydroxylation sites is 1. The van der Waals surface area contributed by atoms with Crippen LogP contribution in [0.2, 0.25) is 0 Å². The summed E-state index contributed by atoms with van der Waals surface area (Å²) in [5.41, 5.74) is 11.9. The number of benzene rings is 2. The molecule has 4 heteroatoms. The van der Waals surface area contributed by atoms with E-state index in [1.807, 2.05) is 36.4 Å². The summed E-state index contributed by atoms with van der Waals surface area (Å²) >= 11 is 0. The number of nitrogens with two attached hydrogens (primary N) is 1. The molecule has 0 saturated carbocycles. The smallest absolute Gasteiger partial charge is 0.256 e. The molecular weight excluding hydrogens is 274 g/mol. The second kappa shape index (κ2) is 4.49. The molecule has 1 amide bonds. The van der Waals surface area contributed by atoms with Gasteiger partial charge in [0.1, 0.15) is 0 Å². The van der Waals surface area contributed by atoms with Crippen LogP contribution in [-0.2, 0) is 4.79 Å². The summed E-state index contributed by atoms with van der Waals surface area (Å²) < 4.78 is 0.